The smallest absolute Gasteiger partial charge is 0.336 e. The van der Waals surface area contributed by atoms with Crippen LogP contribution >= 0.6 is 11.3 Å². The molecule has 0 aliphatic rings. The Morgan fingerprint density at radius 2 is 2.10 bits per heavy atom. The van der Waals surface area contributed by atoms with Crippen molar-refractivity contribution in [3.63, 3.8) is 0 Å². The molecule has 0 spiro atoms. The summed E-state index contributed by atoms with van der Waals surface area (Å²) in [5, 5.41) is 15.1. The van der Waals surface area contributed by atoms with E-state index in [1.807, 2.05) is 6.92 Å². The van der Waals surface area contributed by atoms with Crippen LogP contribution in [0.5, 0.6) is 0 Å². The van der Waals surface area contributed by atoms with Gasteiger partial charge in [-0.25, -0.2) is 14.6 Å². The van der Waals surface area contributed by atoms with Crippen LogP contribution in [0.3, 0.4) is 0 Å². The lowest BCUT2D eigenvalue weighted by Gasteiger charge is -2.08. The fourth-order valence-electron chi connectivity index (χ4n) is 1.74. The Balaban J connectivity index is 1.96. The molecular weight excluding hydrogens is 290 g/mol. The Morgan fingerprint density at radius 1 is 1.33 bits per heavy atom. The van der Waals surface area contributed by atoms with Crippen molar-refractivity contribution in [2.75, 3.05) is 5.32 Å². The van der Waals surface area contributed by atoms with E-state index in [2.05, 4.69) is 15.6 Å². The van der Waals surface area contributed by atoms with Crippen LogP contribution < -0.4 is 10.6 Å². The molecule has 0 fully saturated rings. The Hall–Kier alpha value is -2.41. The number of hydrogen-bond donors (Lipinski definition) is 3. The fourth-order valence-corrected chi connectivity index (χ4v) is 2.47. The second-order valence-electron chi connectivity index (χ2n) is 4.51. The third-order valence-electron chi connectivity index (χ3n) is 2.80. The molecule has 7 heteroatoms. The molecule has 0 atom stereocenters. The van der Waals surface area contributed by atoms with Crippen molar-refractivity contribution in [3.05, 3.63) is 45.4 Å². The molecule has 0 aliphatic carbocycles. The first-order valence-corrected chi connectivity index (χ1v) is 7.07. The summed E-state index contributed by atoms with van der Waals surface area (Å²) in [6.45, 7) is 3.99. The summed E-state index contributed by atoms with van der Waals surface area (Å²) in [6, 6.07) is 4.35. The van der Waals surface area contributed by atoms with Crippen molar-refractivity contribution < 1.29 is 14.7 Å². The summed E-state index contributed by atoms with van der Waals surface area (Å²) >= 11 is 1.51. The number of rotatable bonds is 4. The van der Waals surface area contributed by atoms with E-state index in [0.717, 1.165) is 9.88 Å². The van der Waals surface area contributed by atoms with Crippen LogP contribution in [0, 0.1) is 13.8 Å². The number of nitrogens with one attached hydrogen (secondary N) is 2. The first-order chi connectivity index (χ1) is 9.95. The average molecular weight is 305 g/mol. The zero-order chi connectivity index (χ0) is 15.4. The lowest BCUT2D eigenvalue weighted by atomic mass is 10.1. The number of nitrogens with zero attached hydrogens (tertiary/aromatic N) is 1. The van der Waals surface area contributed by atoms with Gasteiger partial charge in [0.25, 0.3) is 0 Å². The molecule has 0 saturated heterocycles. The van der Waals surface area contributed by atoms with Gasteiger partial charge in [0.05, 0.1) is 12.1 Å². The normalized spacial score (nSPS) is 10.2. The van der Waals surface area contributed by atoms with Gasteiger partial charge in [-0.1, -0.05) is 6.07 Å². The number of carboxylic acid groups (broad SMARTS) is 1. The maximum Gasteiger partial charge on any atom is 0.336 e. The van der Waals surface area contributed by atoms with Crippen LogP contribution in [-0.4, -0.2) is 22.1 Å². The molecule has 0 radical (unpaired) electrons. The van der Waals surface area contributed by atoms with Gasteiger partial charge in [-0.15, -0.1) is 11.3 Å². The number of hydrogen-bond acceptors (Lipinski definition) is 4. The number of benzene rings is 1. The first kappa shape index (κ1) is 15.0. The number of anilines is 1. The van der Waals surface area contributed by atoms with E-state index in [9.17, 15) is 9.59 Å². The predicted molar refractivity (Wildman–Crippen MR) is 80.8 cm³/mol. The number of carbonyl (C=O) groups excluding carboxylic acids is 1. The Bertz CT molecular complexity index is 682. The van der Waals surface area contributed by atoms with Crippen LogP contribution in [0.4, 0.5) is 10.5 Å². The topological polar surface area (TPSA) is 91.3 Å². The van der Waals surface area contributed by atoms with E-state index in [4.69, 9.17) is 5.11 Å². The predicted octanol–water partition coefficient (Wildman–Crippen LogP) is 2.78. The Labute approximate surface area is 125 Å². The molecule has 0 saturated carbocycles. The molecule has 0 aliphatic heterocycles. The molecule has 110 valence electrons. The van der Waals surface area contributed by atoms with Crippen molar-refractivity contribution in [1.82, 2.24) is 10.3 Å². The minimum atomic E-state index is -1.02. The number of aromatic carboxylic acids is 1. The van der Waals surface area contributed by atoms with Crippen molar-refractivity contribution in [2.24, 2.45) is 0 Å². The highest BCUT2D eigenvalue weighted by Gasteiger charge is 2.09. The number of aromatic nitrogens is 1. The summed E-state index contributed by atoms with van der Waals surface area (Å²) in [7, 11) is 0. The largest absolute Gasteiger partial charge is 0.478 e. The van der Waals surface area contributed by atoms with Gasteiger partial charge < -0.3 is 15.7 Å². The maximum atomic E-state index is 11.8. The van der Waals surface area contributed by atoms with E-state index in [1.54, 1.807) is 25.3 Å². The number of urea groups is 1. The highest BCUT2D eigenvalue weighted by atomic mass is 32.1. The summed E-state index contributed by atoms with van der Waals surface area (Å²) in [4.78, 5) is 28.0. The molecule has 2 aromatic rings. The number of amides is 2. The van der Waals surface area contributed by atoms with Crippen LogP contribution in [0.25, 0.3) is 0 Å². The van der Waals surface area contributed by atoms with Crippen LogP contribution in [0.15, 0.2) is 24.4 Å². The van der Waals surface area contributed by atoms with Crippen molar-refractivity contribution in [2.45, 2.75) is 20.4 Å². The SMILES string of the molecule is Cc1cnc(CNC(=O)Nc2ccc(C)c(C(=O)O)c2)s1. The minimum absolute atomic E-state index is 0.170. The Morgan fingerprint density at radius 3 is 2.71 bits per heavy atom. The van der Waals surface area contributed by atoms with Crippen LogP contribution in [0.1, 0.15) is 25.8 Å². The summed E-state index contributed by atoms with van der Waals surface area (Å²) in [5.41, 5.74) is 1.25. The Kier molecular flexibility index (Phi) is 4.54. The van der Waals surface area contributed by atoms with E-state index < -0.39 is 12.0 Å². The van der Waals surface area contributed by atoms with Gasteiger partial charge in [-0.2, -0.15) is 0 Å². The van der Waals surface area contributed by atoms with Gasteiger partial charge in [0, 0.05) is 16.8 Å². The fraction of sp³-hybridized carbons (Fsp3) is 0.214. The lowest BCUT2D eigenvalue weighted by molar-refractivity contribution is 0.0696. The van der Waals surface area contributed by atoms with E-state index >= 15 is 0 Å². The van der Waals surface area contributed by atoms with Crippen molar-refractivity contribution in [1.29, 1.82) is 0 Å². The van der Waals surface area contributed by atoms with Gasteiger partial charge in [0.2, 0.25) is 0 Å². The molecule has 2 rings (SSSR count). The van der Waals surface area contributed by atoms with E-state index in [-0.39, 0.29) is 5.56 Å². The minimum Gasteiger partial charge on any atom is -0.478 e. The molecular formula is C14H15N3O3S. The van der Waals surface area contributed by atoms with Gasteiger partial charge in [-0.3, -0.25) is 0 Å². The number of thiazole rings is 1. The lowest BCUT2D eigenvalue weighted by Crippen LogP contribution is -2.28. The molecule has 21 heavy (non-hydrogen) atoms. The number of aryl methyl sites for hydroxylation is 2. The van der Waals surface area contributed by atoms with Crippen LogP contribution in [0.2, 0.25) is 0 Å². The highest BCUT2D eigenvalue weighted by Crippen LogP contribution is 2.15. The third-order valence-corrected chi connectivity index (χ3v) is 3.71. The summed E-state index contributed by atoms with van der Waals surface area (Å²) in [6.07, 6.45) is 1.75. The van der Waals surface area contributed by atoms with Gasteiger partial charge in [0.1, 0.15) is 5.01 Å². The van der Waals surface area contributed by atoms with Gasteiger partial charge in [-0.05, 0) is 31.5 Å². The molecule has 1 aromatic carbocycles. The maximum absolute atomic E-state index is 11.8. The van der Waals surface area contributed by atoms with E-state index in [0.29, 0.717) is 17.8 Å². The molecule has 3 N–H and O–H groups in total. The average Bonchev–Trinajstić information content (AvgIpc) is 2.84. The second-order valence-corrected chi connectivity index (χ2v) is 5.83. The highest BCUT2D eigenvalue weighted by molar-refractivity contribution is 7.11. The zero-order valence-electron chi connectivity index (χ0n) is 11.6. The number of carboxylic acids is 1. The monoisotopic (exact) mass is 305 g/mol. The first-order valence-electron chi connectivity index (χ1n) is 6.26. The zero-order valence-corrected chi connectivity index (χ0v) is 12.5. The summed E-state index contributed by atoms with van der Waals surface area (Å²) in [5.74, 6) is -1.02. The van der Waals surface area contributed by atoms with Gasteiger partial charge >= 0.3 is 12.0 Å². The summed E-state index contributed by atoms with van der Waals surface area (Å²) < 4.78 is 0. The second kappa shape index (κ2) is 6.36. The quantitative estimate of drug-likeness (QED) is 0.810. The van der Waals surface area contributed by atoms with Crippen LogP contribution in [-0.2, 0) is 6.54 Å². The van der Waals surface area contributed by atoms with Crippen molar-refractivity contribution >= 4 is 29.0 Å². The molecule has 0 bridgehead atoms. The molecule has 1 aromatic heterocycles. The molecule has 0 unspecified atom stereocenters. The van der Waals surface area contributed by atoms with E-state index in [1.165, 1.54) is 17.4 Å². The van der Waals surface area contributed by atoms with Crippen molar-refractivity contribution in [3.8, 4) is 0 Å². The third kappa shape index (κ3) is 4.03. The molecule has 6 nitrogen and oxygen atoms in total. The van der Waals surface area contributed by atoms with Gasteiger partial charge in [0.15, 0.2) is 0 Å². The standard InChI is InChI=1S/C14H15N3O3S/c1-8-3-4-10(5-11(8)13(18)19)17-14(20)16-7-12-15-6-9(2)21-12/h3-6H,7H2,1-2H3,(H,18,19)(H2,16,17,20). The molecule has 2 amide bonds. The molecule has 1 heterocycles. The number of carbonyl (C=O) groups is 2.